The molecule has 2 heterocycles. The first kappa shape index (κ1) is 23.3. The van der Waals surface area contributed by atoms with Crippen LogP contribution in [-0.4, -0.2) is 54.8 Å². The number of fused-ring (bicyclic) bond motifs is 1. The molecular formula is C25H27N5O3Si. The average Bonchev–Trinajstić information content (AvgIpc) is 3.24. The van der Waals surface area contributed by atoms with E-state index in [1.807, 2.05) is 48.5 Å². The number of nitrogens with zero attached hydrogens (tertiary/aromatic N) is 3. The first-order chi connectivity index (χ1) is 16.2. The molecule has 0 saturated carbocycles. The van der Waals surface area contributed by atoms with Crippen molar-refractivity contribution in [2.75, 3.05) is 18.6 Å². The number of rotatable bonds is 4. The van der Waals surface area contributed by atoms with E-state index in [4.69, 9.17) is 4.74 Å². The zero-order valence-electron chi connectivity index (χ0n) is 19.7. The molecular weight excluding hydrogens is 446 g/mol. The van der Waals surface area contributed by atoms with Gasteiger partial charge in [-0.3, -0.25) is 14.7 Å². The van der Waals surface area contributed by atoms with Crippen LogP contribution in [0.15, 0.2) is 48.5 Å². The molecule has 4 rings (SSSR count). The van der Waals surface area contributed by atoms with E-state index < -0.39 is 20.0 Å². The third-order valence-corrected chi connectivity index (χ3v) is 6.07. The second-order valence-corrected chi connectivity index (χ2v) is 13.9. The summed E-state index contributed by atoms with van der Waals surface area (Å²) >= 11 is 0. The molecule has 0 unspecified atom stereocenters. The molecule has 0 fully saturated rings. The fraction of sp³-hybridized carbons (Fsp3) is 0.280. The molecule has 34 heavy (non-hydrogen) atoms. The lowest BCUT2D eigenvalue weighted by atomic mass is 10.1. The minimum Gasteiger partial charge on any atom is -0.489 e. The van der Waals surface area contributed by atoms with E-state index in [9.17, 15) is 9.59 Å². The molecule has 1 atom stereocenters. The lowest BCUT2D eigenvalue weighted by Gasteiger charge is -2.20. The zero-order valence-corrected chi connectivity index (χ0v) is 20.7. The van der Waals surface area contributed by atoms with Gasteiger partial charge in [-0.15, -0.1) is 10.6 Å². The molecule has 0 radical (unpaired) electrons. The monoisotopic (exact) mass is 473 g/mol. The maximum absolute atomic E-state index is 13.1. The van der Waals surface area contributed by atoms with Gasteiger partial charge in [0, 0.05) is 19.0 Å². The molecule has 1 aliphatic heterocycles. The lowest BCUT2D eigenvalue weighted by Crippen LogP contribution is -2.49. The number of anilines is 1. The Morgan fingerprint density at radius 3 is 2.74 bits per heavy atom. The first-order valence-corrected chi connectivity index (χ1v) is 14.5. The molecule has 0 bridgehead atoms. The highest BCUT2D eigenvalue weighted by Crippen LogP contribution is 2.31. The number of hydrogen-bond acceptors (Lipinski definition) is 5. The minimum atomic E-state index is -1.53. The van der Waals surface area contributed by atoms with Gasteiger partial charge in [0.1, 0.15) is 32.3 Å². The van der Waals surface area contributed by atoms with E-state index in [0.717, 1.165) is 11.1 Å². The van der Waals surface area contributed by atoms with E-state index in [2.05, 4.69) is 51.6 Å². The summed E-state index contributed by atoms with van der Waals surface area (Å²) in [6.07, 6.45) is 0.521. The summed E-state index contributed by atoms with van der Waals surface area (Å²) in [5.74, 6) is 3.48. The number of aromatic nitrogens is 3. The minimum absolute atomic E-state index is 0.00311. The summed E-state index contributed by atoms with van der Waals surface area (Å²) < 4.78 is 5.86. The van der Waals surface area contributed by atoms with E-state index in [1.165, 1.54) is 4.90 Å². The zero-order chi connectivity index (χ0) is 24.3. The standard InChI is InChI=1S/C25H27N5O3Si/c1-30-20-14-18(12-13-34(2,3)4)10-11-21(20)33-16-19(25(30)32)26-24(31)23-27-22(28-29-23)15-17-8-6-5-7-9-17/h5-11,14,19H,15-16H2,1-4H3,(H,26,31)(H,27,28,29)/t19-/m0/s1. The third-order valence-electron chi connectivity index (χ3n) is 5.19. The second-order valence-electron chi connectivity index (χ2n) is 9.18. The number of benzene rings is 2. The van der Waals surface area contributed by atoms with Crippen LogP contribution in [0.5, 0.6) is 5.75 Å². The Morgan fingerprint density at radius 1 is 1.24 bits per heavy atom. The van der Waals surface area contributed by atoms with Crippen molar-refractivity contribution in [3.8, 4) is 17.2 Å². The van der Waals surface area contributed by atoms with Crippen molar-refractivity contribution in [3.05, 3.63) is 71.3 Å². The normalized spacial score (nSPS) is 15.5. The Balaban J connectivity index is 1.46. The molecule has 3 aromatic rings. The summed E-state index contributed by atoms with van der Waals surface area (Å²) in [6.45, 7) is 6.53. The van der Waals surface area contributed by atoms with Gasteiger partial charge in [-0.05, 0) is 23.8 Å². The van der Waals surface area contributed by atoms with Crippen LogP contribution in [0, 0.1) is 11.5 Å². The number of carbonyl (C=O) groups excluding carboxylic acids is 2. The predicted octanol–water partition coefficient (Wildman–Crippen LogP) is 2.78. The molecule has 2 N–H and O–H groups in total. The van der Waals surface area contributed by atoms with Crippen molar-refractivity contribution in [3.63, 3.8) is 0 Å². The Labute approximate surface area is 199 Å². The van der Waals surface area contributed by atoms with E-state index >= 15 is 0 Å². The van der Waals surface area contributed by atoms with Gasteiger partial charge in [-0.1, -0.05) is 55.9 Å². The highest BCUT2D eigenvalue weighted by molar-refractivity contribution is 6.83. The van der Waals surface area contributed by atoms with Crippen molar-refractivity contribution in [1.29, 1.82) is 0 Å². The molecule has 1 aromatic heterocycles. The van der Waals surface area contributed by atoms with Crippen LogP contribution in [0.3, 0.4) is 0 Å². The Kier molecular flexibility index (Phi) is 6.52. The van der Waals surface area contributed by atoms with Gasteiger partial charge in [0.15, 0.2) is 0 Å². The highest BCUT2D eigenvalue weighted by atomic mass is 28.3. The molecule has 9 heteroatoms. The van der Waals surface area contributed by atoms with Crippen molar-refractivity contribution in [2.24, 2.45) is 0 Å². The van der Waals surface area contributed by atoms with Crippen molar-refractivity contribution >= 4 is 25.6 Å². The summed E-state index contributed by atoms with van der Waals surface area (Å²) in [6, 6.07) is 14.4. The predicted molar refractivity (Wildman–Crippen MR) is 132 cm³/mol. The number of ether oxygens (including phenoxy) is 1. The van der Waals surface area contributed by atoms with Gasteiger partial charge in [-0.2, -0.15) is 0 Å². The third kappa shape index (κ3) is 5.53. The number of aromatic amines is 1. The topological polar surface area (TPSA) is 100 Å². The quantitative estimate of drug-likeness (QED) is 0.448. The van der Waals surface area contributed by atoms with E-state index in [1.54, 1.807) is 7.05 Å². The average molecular weight is 474 g/mol. The maximum atomic E-state index is 13.1. The maximum Gasteiger partial charge on any atom is 0.291 e. The summed E-state index contributed by atoms with van der Waals surface area (Å²) in [7, 11) is 0.129. The fourth-order valence-electron chi connectivity index (χ4n) is 3.43. The fourth-order valence-corrected chi connectivity index (χ4v) is 3.95. The van der Waals surface area contributed by atoms with E-state index in [-0.39, 0.29) is 18.3 Å². The van der Waals surface area contributed by atoms with Crippen molar-refractivity contribution in [2.45, 2.75) is 32.1 Å². The largest absolute Gasteiger partial charge is 0.489 e. The van der Waals surface area contributed by atoms with Gasteiger partial charge in [-0.25, -0.2) is 4.98 Å². The number of amides is 2. The molecule has 8 nitrogen and oxygen atoms in total. The Morgan fingerprint density at radius 2 is 2.00 bits per heavy atom. The number of nitrogens with one attached hydrogen (secondary N) is 2. The second kappa shape index (κ2) is 9.53. The molecule has 174 valence electrons. The molecule has 0 aliphatic carbocycles. The number of carbonyl (C=O) groups is 2. The van der Waals surface area contributed by atoms with Crippen LogP contribution >= 0.6 is 0 Å². The van der Waals surface area contributed by atoms with Gasteiger partial charge in [0.2, 0.25) is 5.82 Å². The number of H-pyrrole nitrogens is 1. The Bertz CT molecular complexity index is 1270. The number of hydrogen-bond donors (Lipinski definition) is 2. The summed E-state index contributed by atoms with van der Waals surface area (Å²) in [5, 5.41) is 9.50. The summed E-state index contributed by atoms with van der Waals surface area (Å²) in [4.78, 5) is 31.6. The van der Waals surface area contributed by atoms with Gasteiger partial charge in [0.05, 0.1) is 5.69 Å². The molecule has 0 spiro atoms. The van der Waals surface area contributed by atoms with Crippen LogP contribution < -0.4 is 15.0 Å². The highest BCUT2D eigenvalue weighted by Gasteiger charge is 2.31. The van der Waals surface area contributed by atoms with Gasteiger partial charge in [0.25, 0.3) is 11.8 Å². The molecule has 0 saturated heterocycles. The van der Waals surface area contributed by atoms with Gasteiger partial charge >= 0.3 is 0 Å². The van der Waals surface area contributed by atoms with Crippen LogP contribution in [-0.2, 0) is 11.2 Å². The van der Waals surface area contributed by atoms with E-state index in [0.29, 0.717) is 23.7 Å². The van der Waals surface area contributed by atoms with Gasteiger partial charge < -0.3 is 15.0 Å². The van der Waals surface area contributed by atoms with Crippen molar-refractivity contribution in [1.82, 2.24) is 20.5 Å². The lowest BCUT2D eigenvalue weighted by molar-refractivity contribution is -0.120. The Hall–Kier alpha value is -3.90. The molecule has 1 aliphatic rings. The van der Waals surface area contributed by atoms with Crippen LogP contribution in [0.4, 0.5) is 5.69 Å². The smallest absolute Gasteiger partial charge is 0.291 e. The van der Waals surface area contributed by atoms with Crippen molar-refractivity contribution < 1.29 is 14.3 Å². The van der Waals surface area contributed by atoms with Crippen LogP contribution in [0.1, 0.15) is 27.6 Å². The summed E-state index contributed by atoms with van der Waals surface area (Å²) in [5.41, 5.74) is 5.81. The van der Waals surface area contributed by atoms with Crippen LogP contribution in [0.2, 0.25) is 19.6 Å². The molecule has 2 amide bonds. The molecule has 2 aromatic carbocycles. The number of likely N-dealkylation sites (N-methyl/N-ethyl adjacent to an activating group) is 1. The van der Waals surface area contributed by atoms with Crippen LogP contribution in [0.25, 0.3) is 0 Å². The first-order valence-electron chi connectivity index (χ1n) is 11.0. The SMILES string of the molecule is CN1C(=O)[C@@H](NC(=O)c2n[nH]c(Cc3ccccc3)n2)COc2ccc(C#C[Si](C)(C)C)cc21.